The molecule has 4 rings (SSSR count). The summed E-state index contributed by atoms with van der Waals surface area (Å²) < 4.78 is 0. The normalized spacial score (nSPS) is 28.9. The third-order valence-electron chi connectivity index (χ3n) is 4.93. The molecule has 1 aromatic heterocycles. The fourth-order valence-corrected chi connectivity index (χ4v) is 3.96. The third-order valence-corrected chi connectivity index (χ3v) is 4.93. The van der Waals surface area contributed by atoms with Crippen molar-refractivity contribution in [1.29, 1.82) is 0 Å². The van der Waals surface area contributed by atoms with Gasteiger partial charge in [-0.15, -0.1) is 0 Å². The molecule has 3 atom stereocenters. The lowest BCUT2D eigenvalue weighted by Gasteiger charge is -2.25. The molecule has 2 fully saturated rings. The molecule has 3 unspecified atom stereocenters. The van der Waals surface area contributed by atoms with Crippen molar-refractivity contribution in [2.75, 3.05) is 11.1 Å². The number of fused-ring (bicyclic) bond motifs is 3. The largest absolute Gasteiger partial charge is 0.398 e. The van der Waals surface area contributed by atoms with Gasteiger partial charge in [0.05, 0.1) is 0 Å². The minimum atomic E-state index is 0.644. The van der Waals surface area contributed by atoms with Crippen molar-refractivity contribution in [3.63, 3.8) is 0 Å². The SMILES string of the molecule is Nc1ccc(NC2CC3CCC2C3)c2cnccc12. The van der Waals surface area contributed by atoms with Crippen molar-refractivity contribution < 1.29 is 0 Å². The third kappa shape index (κ3) is 1.76. The van der Waals surface area contributed by atoms with Crippen LogP contribution < -0.4 is 11.1 Å². The van der Waals surface area contributed by atoms with Crippen molar-refractivity contribution in [3.8, 4) is 0 Å². The molecule has 2 aliphatic rings. The molecule has 3 heteroatoms. The first kappa shape index (κ1) is 11.1. The molecule has 2 aromatic rings. The van der Waals surface area contributed by atoms with Gasteiger partial charge in [0.2, 0.25) is 0 Å². The van der Waals surface area contributed by atoms with Gasteiger partial charge < -0.3 is 11.1 Å². The maximum absolute atomic E-state index is 6.04. The summed E-state index contributed by atoms with van der Waals surface area (Å²) in [5.41, 5.74) is 8.06. The van der Waals surface area contributed by atoms with E-state index < -0.39 is 0 Å². The molecule has 0 amide bonds. The number of nitrogens with zero attached hydrogens (tertiary/aromatic N) is 1. The van der Waals surface area contributed by atoms with Crippen molar-refractivity contribution in [1.82, 2.24) is 4.98 Å². The summed E-state index contributed by atoms with van der Waals surface area (Å²) in [6, 6.07) is 6.74. The molecule has 0 spiro atoms. The Kier molecular flexibility index (Phi) is 2.40. The van der Waals surface area contributed by atoms with Gasteiger partial charge in [0.25, 0.3) is 0 Å². The van der Waals surface area contributed by atoms with Gasteiger partial charge in [0.1, 0.15) is 0 Å². The highest BCUT2D eigenvalue weighted by Gasteiger charge is 2.39. The average molecular weight is 253 g/mol. The van der Waals surface area contributed by atoms with E-state index in [4.69, 9.17) is 5.73 Å². The molecule has 2 bridgehead atoms. The van der Waals surface area contributed by atoms with Crippen LogP contribution >= 0.6 is 0 Å². The van der Waals surface area contributed by atoms with Gasteiger partial charge in [-0.2, -0.15) is 0 Å². The highest BCUT2D eigenvalue weighted by atomic mass is 14.9. The van der Waals surface area contributed by atoms with Crippen LogP contribution in [0.2, 0.25) is 0 Å². The van der Waals surface area contributed by atoms with Gasteiger partial charge in [-0.25, -0.2) is 0 Å². The van der Waals surface area contributed by atoms with Crippen molar-refractivity contribution in [2.45, 2.75) is 31.7 Å². The first-order valence-corrected chi connectivity index (χ1v) is 7.20. The predicted octanol–water partition coefficient (Wildman–Crippen LogP) is 3.42. The van der Waals surface area contributed by atoms with Crippen molar-refractivity contribution in [3.05, 3.63) is 30.6 Å². The number of hydrogen-bond donors (Lipinski definition) is 2. The zero-order chi connectivity index (χ0) is 12.8. The molecule has 3 nitrogen and oxygen atoms in total. The summed E-state index contributed by atoms with van der Waals surface area (Å²) in [5, 5.41) is 5.99. The average Bonchev–Trinajstić information content (AvgIpc) is 3.05. The Hall–Kier alpha value is -1.77. The lowest BCUT2D eigenvalue weighted by molar-refractivity contribution is 0.440. The van der Waals surface area contributed by atoms with Gasteiger partial charge >= 0.3 is 0 Å². The highest BCUT2D eigenvalue weighted by Crippen LogP contribution is 2.46. The number of rotatable bonds is 2. The van der Waals surface area contributed by atoms with Crippen LogP contribution in [0.15, 0.2) is 30.6 Å². The molecule has 1 aromatic carbocycles. The van der Waals surface area contributed by atoms with Crippen LogP contribution in [0.3, 0.4) is 0 Å². The standard InChI is InChI=1S/C16H19N3/c17-14-3-4-15(13-9-18-6-5-12(13)14)19-16-8-10-1-2-11(16)7-10/h3-6,9-11,16,19H,1-2,7-8,17H2. The number of aromatic nitrogens is 1. The van der Waals surface area contributed by atoms with Gasteiger partial charge in [0.15, 0.2) is 0 Å². The van der Waals surface area contributed by atoms with Crippen LogP contribution in [0.5, 0.6) is 0 Å². The van der Waals surface area contributed by atoms with Crippen molar-refractivity contribution >= 4 is 22.1 Å². The van der Waals surface area contributed by atoms with E-state index in [1.54, 1.807) is 6.20 Å². The molecule has 2 aliphatic carbocycles. The molecule has 1 heterocycles. The lowest BCUT2D eigenvalue weighted by atomic mass is 9.95. The molecule has 19 heavy (non-hydrogen) atoms. The maximum Gasteiger partial charge on any atom is 0.0439 e. The van der Waals surface area contributed by atoms with Crippen LogP contribution in [0.1, 0.15) is 25.7 Å². The van der Waals surface area contributed by atoms with E-state index in [1.807, 2.05) is 18.3 Å². The minimum absolute atomic E-state index is 0.644. The second kappa shape index (κ2) is 4.12. The van der Waals surface area contributed by atoms with E-state index in [-0.39, 0.29) is 0 Å². The number of anilines is 2. The smallest absolute Gasteiger partial charge is 0.0439 e. The van der Waals surface area contributed by atoms with Gasteiger partial charge in [-0.05, 0) is 49.3 Å². The Morgan fingerprint density at radius 3 is 2.84 bits per heavy atom. The molecule has 0 saturated heterocycles. The molecular weight excluding hydrogens is 234 g/mol. The minimum Gasteiger partial charge on any atom is -0.398 e. The zero-order valence-corrected chi connectivity index (χ0v) is 11.0. The quantitative estimate of drug-likeness (QED) is 0.806. The van der Waals surface area contributed by atoms with E-state index in [2.05, 4.69) is 16.4 Å². The fraction of sp³-hybridized carbons (Fsp3) is 0.438. The van der Waals surface area contributed by atoms with E-state index in [9.17, 15) is 0 Å². The van der Waals surface area contributed by atoms with Crippen LogP contribution in [-0.2, 0) is 0 Å². The van der Waals surface area contributed by atoms with Gasteiger partial charge in [-0.1, -0.05) is 6.42 Å². The topological polar surface area (TPSA) is 50.9 Å². The highest BCUT2D eigenvalue weighted by molar-refractivity contribution is 6.00. The van der Waals surface area contributed by atoms with Gasteiger partial charge in [0, 0.05) is 40.6 Å². The van der Waals surface area contributed by atoms with Gasteiger partial charge in [-0.3, -0.25) is 4.98 Å². The molecule has 0 radical (unpaired) electrons. The van der Waals surface area contributed by atoms with Crippen LogP contribution in [0.25, 0.3) is 10.8 Å². The fourth-order valence-electron chi connectivity index (χ4n) is 3.96. The van der Waals surface area contributed by atoms with E-state index >= 15 is 0 Å². The Morgan fingerprint density at radius 1 is 1.11 bits per heavy atom. The Labute approximate surface area is 113 Å². The summed E-state index contributed by atoms with van der Waals surface area (Å²) in [4.78, 5) is 4.24. The number of nitrogens with one attached hydrogen (secondary N) is 1. The van der Waals surface area contributed by atoms with Crippen molar-refractivity contribution in [2.24, 2.45) is 11.8 Å². The van der Waals surface area contributed by atoms with Crippen LogP contribution in [0, 0.1) is 11.8 Å². The maximum atomic E-state index is 6.04. The Morgan fingerprint density at radius 2 is 2.05 bits per heavy atom. The monoisotopic (exact) mass is 253 g/mol. The van der Waals surface area contributed by atoms with E-state index in [1.165, 1.54) is 31.4 Å². The lowest BCUT2D eigenvalue weighted by Crippen LogP contribution is -2.25. The summed E-state index contributed by atoms with van der Waals surface area (Å²) in [7, 11) is 0. The Bertz CT molecular complexity index is 622. The summed E-state index contributed by atoms with van der Waals surface area (Å²) >= 11 is 0. The molecule has 3 N–H and O–H groups in total. The number of nitrogens with two attached hydrogens (primary N) is 1. The first-order chi connectivity index (χ1) is 9.31. The Balaban J connectivity index is 1.70. The number of pyridine rings is 1. The second-order valence-corrected chi connectivity index (χ2v) is 6.05. The summed E-state index contributed by atoms with van der Waals surface area (Å²) in [6.45, 7) is 0. The number of nitrogen functional groups attached to an aromatic ring is 1. The molecule has 2 saturated carbocycles. The van der Waals surface area contributed by atoms with Crippen LogP contribution in [-0.4, -0.2) is 11.0 Å². The summed E-state index contributed by atoms with van der Waals surface area (Å²) in [6.07, 6.45) is 9.31. The molecular formula is C16H19N3. The molecule has 98 valence electrons. The number of hydrogen-bond acceptors (Lipinski definition) is 3. The number of benzene rings is 1. The molecule has 0 aliphatic heterocycles. The predicted molar refractivity (Wildman–Crippen MR) is 79.0 cm³/mol. The second-order valence-electron chi connectivity index (χ2n) is 6.05. The zero-order valence-electron chi connectivity index (χ0n) is 11.0. The van der Waals surface area contributed by atoms with E-state index in [0.29, 0.717) is 6.04 Å². The van der Waals surface area contributed by atoms with Crippen LogP contribution in [0.4, 0.5) is 11.4 Å². The first-order valence-electron chi connectivity index (χ1n) is 7.20. The van der Waals surface area contributed by atoms with E-state index in [0.717, 1.165) is 28.3 Å². The summed E-state index contributed by atoms with van der Waals surface area (Å²) in [5.74, 6) is 1.83.